The predicted octanol–water partition coefficient (Wildman–Crippen LogP) is 4.05. The van der Waals surface area contributed by atoms with Crippen molar-refractivity contribution < 1.29 is 26.3 Å². The van der Waals surface area contributed by atoms with Crippen LogP contribution in [0.2, 0.25) is 0 Å². The number of anilines is 1. The van der Waals surface area contributed by atoms with Gasteiger partial charge >= 0.3 is 12.4 Å². The van der Waals surface area contributed by atoms with E-state index in [1.54, 1.807) is 0 Å². The first-order chi connectivity index (χ1) is 11.5. The average molecular weight is 366 g/mol. The summed E-state index contributed by atoms with van der Waals surface area (Å²) in [6.07, 6.45) is -6.03. The number of hydrogen-bond acceptors (Lipinski definition) is 3. The zero-order valence-electron chi connectivity index (χ0n) is 13.0. The highest BCUT2D eigenvalue weighted by Gasteiger charge is 2.36. The number of alkyl halides is 6. The molecule has 0 atom stereocenters. The molecule has 0 saturated heterocycles. The van der Waals surface area contributed by atoms with Crippen LogP contribution in [0, 0.1) is 0 Å². The Bertz CT molecular complexity index is 756. The van der Waals surface area contributed by atoms with Crippen molar-refractivity contribution in [3.8, 4) is 0 Å². The van der Waals surface area contributed by atoms with Gasteiger partial charge in [-0.25, -0.2) is 4.98 Å². The van der Waals surface area contributed by atoms with Crippen LogP contribution in [0.15, 0.2) is 18.3 Å². The van der Waals surface area contributed by atoms with Crippen LogP contribution in [0.25, 0.3) is 5.65 Å². The van der Waals surface area contributed by atoms with E-state index in [4.69, 9.17) is 5.73 Å². The maximum Gasteiger partial charge on any atom is 0.434 e. The molecule has 1 fully saturated rings. The minimum Gasteiger partial charge on any atom is -0.368 e. The monoisotopic (exact) mass is 366 g/mol. The molecule has 0 bridgehead atoms. The van der Waals surface area contributed by atoms with Gasteiger partial charge in [-0.1, -0.05) is 0 Å². The molecule has 138 valence electrons. The Kier molecular flexibility index (Phi) is 4.34. The number of imidazole rings is 1. The third-order valence-corrected chi connectivity index (χ3v) is 4.31. The van der Waals surface area contributed by atoms with Crippen molar-refractivity contribution in [3.63, 3.8) is 0 Å². The molecule has 10 heteroatoms. The van der Waals surface area contributed by atoms with Gasteiger partial charge in [0.2, 0.25) is 0 Å². The summed E-state index contributed by atoms with van der Waals surface area (Å²) >= 11 is 0. The van der Waals surface area contributed by atoms with Gasteiger partial charge in [-0.15, -0.1) is 0 Å². The molecule has 2 heterocycles. The van der Waals surface area contributed by atoms with E-state index < -0.39 is 29.3 Å². The number of aromatic nitrogens is 2. The summed E-state index contributed by atoms with van der Waals surface area (Å²) in [5.41, 5.74) is 3.11. The molecule has 25 heavy (non-hydrogen) atoms. The first-order valence-electron chi connectivity index (χ1n) is 7.73. The van der Waals surface area contributed by atoms with Crippen molar-refractivity contribution in [3.05, 3.63) is 29.6 Å². The number of nitrogens with one attached hydrogen (secondary N) is 1. The van der Waals surface area contributed by atoms with Gasteiger partial charge in [-0.05, 0) is 37.8 Å². The van der Waals surface area contributed by atoms with Gasteiger partial charge in [0.1, 0.15) is 11.5 Å². The number of nitrogens with zero attached hydrogens (tertiary/aromatic N) is 2. The molecule has 0 radical (unpaired) electrons. The molecule has 4 nitrogen and oxygen atoms in total. The summed E-state index contributed by atoms with van der Waals surface area (Å²) in [7, 11) is 0. The molecule has 0 unspecified atom stereocenters. The number of halogens is 6. The zero-order chi connectivity index (χ0) is 18.4. The standard InChI is InChI=1S/C15H16F6N4/c16-14(17,18)8-5-12(23-10-3-1-9(22)2-4-10)25-7-11(15(19,20)21)24-13(25)6-8/h5-7,9-10,23H,1-4,22H2. The van der Waals surface area contributed by atoms with E-state index in [9.17, 15) is 26.3 Å². The van der Waals surface area contributed by atoms with E-state index in [1.807, 2.05) is 0 Å². The van der Waals surface area contributed by atoms with Crippen LogP contribution in [-0.2, 0) is 12.4 Å². The minimum absolute atomic E-state index is 0.0460. The molecule has 0 aliphatic heterocycles. The molecule has 0 aromatic carbocycles. The molecule has 0 amide bonds. The second-order valence-electron chi connectivity index (χ2n) is 6.24. The lowest BCUT2D eigenvalue weighted by Crippen LogP contribution is -2.33. The highest BCUT2D eigenvalue weighted by molar-refractivity contribution is 5.55. The van der Waals surface area contributed by atoms with Gasteiger partial charge < -0.3 is 11.1 Å². The second-order valence-corrected chi connectivity index (χ2v) is 6.24. The van der Waals surface area contributed by atoms with Crippen LogP contribution in [0.1, 0.15) is 36.9 Å². The topological polar surface area (TPSA) is 55.3 Å². The minimum atomic E-state index is -4.74. The summed E-state index contributed by atoms with van der Waals surface area (Å²) in [6.45, 7) is 0. The highest BCUT2D eigenvalue weighted by Crippen LogP contribution is 2.35. The van der Waals surface area contributed by atoms with Gasteiger partial charge in [-0.2, -0.15) is 26.3 Å². The van der Waals surface area contributed by atoms with E-state index in [0.29, 0.717) is 37.9 Å². The SMILES string of the molecule is NC1CCC(Nc2cc(C(F)(F)F)cc3nc(C(F)(F)F)cn23)CC1. The van der Waals surface area contributed by atoms with Gasteiger partial charge in [0.15, 0.2) is 5.69 Å². The van der Waals surface area contributed by atoms with Crippen molar-refractivity contribution in [2.75, 3.05) is 5.32 Å². The van der Waals surface area contributed by atoms with E-state index in [0.717, 1.165) is 10.5 Å². The molecular formula is C15H16F6N4. The van der Waals surface area contributed by atoms with E-state index >= 15 is 0 Å². The van der Waals surface area contributed by atoms with E-state index in [-0.39, 0.29) is 17.9 Å². The van der Waals surface area contributed by atoms with Crippen molar-refractivity contribution >= 4 is 11.5 Å². The molecular weight excluding hydrogens is 350 g/mol. The van der Waals surface area contributed by atoms with Gasteiger partial charge in [0.25, 0.3) is 0 Å². The number of rotatable bonds is 2. The lowest BCUT2D eigenvalue weighted by Gasteiger charge is -2.28. The third-order valence-electron chi connectivity index (χ3n) is 4.31. The number of hydrogen-bond donors (Lipinski definition) is 2. The third kappa shape index (κ3) is 3.83. The van der Waals surface area contributed by atoms with Crippen LogP contribution in [0.3, 0.4) is 0 Å². The molecule has 3 rings (SSSR count). The number of nitrogens with two attached hydrogens (primary N) is 1. The molecule has 1 aliphatic carbocycles. The van der Waals surface area contributed by atoms with Crippen molar-refractivity contribution in [2.24, 2.45) is 5.73 Å². The summed E-state index contributed by atoms with van der Waals surface area (Å²) in [5, 5.41) is 2.92. The van der Waals surface area contributed by atoms with Crippen LogP contribution in [0.4, 0.5) is 32.2 Å². The Balaban J connectivity index is 2.02. The summed E-state index contributed by atoms with van der Waals surface area (Å²) < 4.78 is 78.8. The van der Waals surface area contributed by atoms with Crippen LogP contribution < -0.4 is 11.1 Å². The molecule has 1 saturated carbocycles. The number of pyridine rings is 1. The lowest BCUT2D eigenvalue weighted by molar-refractivity contribution is -0.140. The van der Waals surface area contributed by atoms with Gasteiger partial charge in [0, 0.05) is 18.3 Å². The maximum atomic E-state index is 13.1. The van der Waals surface area contributed by atoms with E-state index in [1.165, 1.54) is 0 Å². The van der Waals surface area contributed by atoms with Crippen molar-refractivity contribution in [1.29, 1.82) is 0 Å². The molecule has 0 spiro atoms. The average Bonchev–Trinajstić information content (AvgIpc) is 2.93. The zero-order valence-corrected chi connectivity index (χ0v) is 13.0. The summed E-state index contributed by atoms with van der Waals surface area (Å²) in [4.78, 5) is 3.30. The quantitative estimate of drug-likeness (QED) is 0.789. The number of fused-ring (bicyclic) bond motifs is 1. The molecule has 2 aromatic heterocycles. The summed E-state index contributed by atoms with van der Waals surface area (Å²) in [6, 6.07) is 1.31. The Morgan fingerprint density at radius 2 is 1.64 bits per heavy atom. The summed E-state index contributed by atoms with van der Waals surface area (Å²) in [5.74, 6) is -0.0618. The molecule has 1 aliphatic rings. The Morgan fingerprint density at radius 1 is 1.00 bits per heavy atom. The van der Waals surface area contributed by atoms with Crippen LogP contribution in [0.5, 0.6) is 0 Å². The highest BCUT2D eigenvalue weighted by atomic mass is 19.4. The first-order valence-corrected chi connectivity index (χ1v) is 7.73. The fraction of sp³-hybridized carbons (Fsp3) is 0.533. The fourth-order valence-corrected chi connectivity index (χ4v) is 2.97. The maximum absolute atomic E-state index is 13.1. The smallest absolute Gasteiger partial charge is 0.368 e. The molecule has 3 N–H and O–H groups in total. The largest absolute Gasteiger partial charge is 0.434 e. The van der Waals surface area contributed by atoms with Gasteiger partial charge in [0.05, 0.1) is 5.56 Å². The van der Waals surface area contributed by atoms with Crippen LogP contribution in [-0.4, -0.2) is 21.5 Å². The Morgan fingerprint density at radius 3 is 2.20 bits per heavy atom. The Hall–Kier alpha value is -1.97. The Labute approximate surface area is 139 Å². The predicted molar refractivity (Wildman–Crippen MR) is 79.1 cm³/mol. The fourth-order valence-electron chi connectivity index (χ4n) is 2.97. The van der Waals surface area contributed by atoms with Crippen molar-refractivity contribution in [2.45, 2.75) is 50.1 Å². The lowest BCUT2D eigenvalue weighted by atomic mass is 9.92. The first kappa shape index (κ1) is 17.8. The van der Waals surface area contributed by atoms with Gasteiger partial charge in [-0.3, -0.25) is 4.40 Å². The van der Waals surface area contributed by atoms with E-state index in [2.05, 4.69) is 10.3 Å². The second kappa shape index (κ2) is 6.08. The normalized spacial score (nSPS) is 22.4. The molecule has 2 aromatic rings. The van der Waals surface area contributed by atoms with Crippen LogP contribution >= 0.6 is 0 Å². The van der Waals surface area contributed by atoms with Crippen molar-refractivity contribution in [1.82, 2.24) is 9.38 Å².